The number of nitro groups is 1. The molecule has 1 rings (SSSR count). The van der Waals surface area contributed by atoms with E-state index in [2.05, 4.69) is 9.72 Å². The highest BCUT2D eigenvalue weighted by atomic mass is 35.5. The zero-order chi connectivity index (χ0) is 13.1. The van der Waals surface area contributed by atoms with Crippen LogP contribution in [-0.4, -0.2) is 22.7 Å². The first kappa shape index (κ1) is 13.5. The normalized spacial score (nSPS) is 11.3. The van der Waals surface area contributed by atoms with Gasteiger partial charge in [-0.3, -0.25) is 10.1 Å². The van der Waals surface area contributed by atoms with E-state index in [0.717, 1.165) is 12.1 Å². The lowest BCUT2D eigenvalue weighted by Crippen LogP contribution is -2.13. The monoisotopic (exact) mass is 270 g/mol. The Balaban J connectivity index is 2.68. The van der Waals surface area contributed by atoms with E-state index < -0.39 is 29.8 Å². The second-order valence-corrected chi connectivity index (χ2v) is 3.34. The molecule has 5 nitrogen and oxygen atoms in total. The third kappa shape index (κ3) is 4.85. The topological polar surface area (TPSA) is 65.3 Å². The van der Waals surface area contributed by atoms with Crippen molar-refractivity contribution in [3.05, 3.63) is 27.4 Å². The third-order valence-corrected chi connectivity index (χ3v) is 1.80. The van der Waals surface area contributed by atoms with Crippen molar-refractivity contribution in [3.63, 3.8) is 0 Å². The summed E-state index contributed by atoms with van der Waals surface area (Å²) in [7, 11) is 0. The van der Waals surface area contributed by atoms with Crippen LogP contribution in [0.1, 0.15) is 6.42 Å². The van der Waals surface area contributed by atoms with Crippen LogP contribution in [0.25, 0.3) is 0 Å². The van der Waals surface area contributed by atoms with Crippen LogP contribution in [0.3, 0.4) is 0 Å². The summed E-state index contributed by atoms with van der Waals surface area (Å²) in [4.78, 5) is 13.2. The van der Waals surface area contributed by atoms with Crippen LogP contribution in [0.2, 0.25) is 5.15 Å². The molecule has 0 unspecified atom stereocenters. The van der Waals surface area contributed by atoms with Crippen molar-refractivity contribution in [3.8, 4) is 5.88 Å². The van der Waals surface area contributed by atoms with Gasteiger partial charge in [0.15, 0.2) is 0 Å². The Bertz CT molecular complexity index is 425. The Morgan fingerprint density at radius 3 is 2.65 bits per heavy atom. The van der Waals surface area contributed by atoms with E-state index in [1.54, 1.807) is 0 Å². The number of aromatic nitrogens is 1. The third-order valence-electron chi connectivity index (χ3n) is 1.60. The summed E-state index contributed by atoms with van der Waals surface area (Å²) in [5.41, 5.74) is -0.396. The average molecular weight is 271 g/mol. The maximum atomic E-state index is 11.8. The van der Waals surface area contributed by atoms with E-state index in [-0.39, 0.29) is 11.0 Å². The zero-order valence-corrected chi connectivity index (χ0v) is 8.96. The molecule has 0 aliphatic carbocycles. The average Bonchev–Trinajstić information content (AvgIpc) is 2.14. The highest BCUT2D eigenvalue weighted by Gasteiger charge is 2.27. The molecule has 0 saturated carbocycles. The first-order chi connectivity index (χ1) is 7.78. The van der Waals surface area contributed by atoms with Gasteiger partial charge in [-0.2, -0.15) is 13.2 Å². The number of ether oxygens (including phenoxy) is 1. The van der Waals surface area contributed by atoms with Crippen LogP contribution in [0.4, 0.5) is 18.9 Å². The predicted molar refractivity (Wildman–Crippen MR) is 52.1 cm³/mol. The lowest BCUT2D eigenvalue weighted by Gasteiger charge is -2.07. The number of rotatable bonds is 4. The first-order valence-electron chi connectivity index (χ1n) is 4.29. The van der Waals surface area contributed by atoms with Gasteiger partial charge in [-0.25, -0.2) is 4.98 Å². The fourth-order valence-electron chi connectivity index (χ4n) is 0.911. The molecule has 0 aliphatic heterocycles. The Morgan fingerprint density at radius 1 is 1.47 bits per heavy atom. The molecule has 0 radical (unpaired) electrons. The molecule has 17 heavy (non-hydrogen) atoms. The minimum Gasteiger partial charge on any atom is -0.477 e. The number of halogens is 4. The number of nitrogens with zero attached hydrogens (tertiary/aromatic N) is 2. The minimum atomic E-state index is -4.36. The van der Waals surface area contributed by atoms with E-state index in [1.165, 1.54) is 0 Å². The summed E-state index contributed by atoms with van der Waals surface area (Å²) in [5.74, 6) is -0.312. The Kier molecular flexibility index (Phi) is 4.11. The second kappa shape index (κ2) is 5.17. The van der Waals surface area contributed by atoms with Crippen LogP contribution in [0.15, 0.2) is 12.1 Å². The molecule has 1 aromatic heterocycles. The standard InChI is InChI=1S/C8H6ClF3N2O3/c9-6-3-5(14(15)16)4-7(13-6)17-2-1-8(10,11)12/h3-4H,1-2H2. The molecule has 0 fully saturated rings. The first-order valence-corrected chi connectivity index (χ1v) is 4.67. The van der Waals surface area contributed by atoms with Crippen LogP contribution >= 0.6 is 11.6 Å². The van der Waals surface area contributed by atoms with Crippen molar-refractivity contribution in [1.82, 2.24) is 4.98 Å². The van der Waals surface area contributed by atoms with E-state index >= 15 is 0 Å². The molecule has 0 aromatic carbocycles. The number of hydrogen-bond donors (Lipinski definition) is 0. The number of hydrogen-bond acceptors (Lipinski definition) is 4. The van der Waals surface area contributed by atoms with Gasteiger partial charge in [-0.05, 0) is 0 Å². The summed E-state index contributed by atoms with van der Waals surface area (Å²) < 4.78 is 40.1. The van der Waals surface area contributed by atoms with E-state index in [4.69, 9.17) is 11.6 Å². The van der Waals surface area contributed by atoms with Gasteiger partial charge in [0, 0.05) is 0 Å². The van der Waals surface area contributed by atoms with Crippen molar-refractivity contribution in [2.75, 3.05) is 6.61 Å². The molecule has 1 aromatic rings. The highest BCUT2D eigenvalue weighted by molar-refractivity contribution is 6.29. The largest absolute Gasteiger partial charge is 0.477 e. The quantitative estimate of drug-likeness (QED) is 0.479. The van der Waals surface area contributed by atoms with Gasteiger partial charge in [0.2, 0.25) is 5.88 Å². The molecule has 0 N–H and O–H groups in total. The van der Waals surface area contributed by atoms with Crippen LogP contribution in [0.5, 0.6) is 5.88 Å². The van der Waals surface area contributed by atoms with E-state index in [1.807, 2.05) is 0 Å². The summed E-state index contributed by atoms with van der Waals surface area (Å²) in [6, 6.07) is 1.88. The molecule has 9 heteroatoms. The van der Waals surface area contributed by atoms with Crippen LogP contribution in [-0.2, 0) is 0 Å². The van der Waals surface area contributed by atoms with Crippen molar-refractivity contribution < 1.29 is 22.8 Å². The van der Waals surface area contributed by atoms with Crippen molar-refractivity contribution in [2.24, 2.45) is 0 Å². The van der Waals surface area contributed by atoms with Gasteiger partial charge in [0.1, 0.15) is 5.15 Å². The van der Waals surface area contributed by atoms with Crippen molar-refractivity contribution in [2.45, 2.75) is 12.6 Å². The molecular weight excluding hydrogens is 265 g/mol. The Labute approximate surface area is 98.3 Å². The number of pyridine rings is 1. The SMILES string of the molecule is O=[N+]([O-])c1cc(Cl)nc(OCCC(F)(F)F)c1. The lowest BCUT2D eigenvalue weighted by atomic mass is 10.4. The molecule has 0 saturated heterocycles. The van der Waals surface area contributed by atoms with Crippen molar-refractivity contribution >= 4 is 17.3 Å². The maximum absolute atomic E-state index is 11.8. The fourth-order valence-corrected chi connectivity index (χ4v) is 1.11. The summed E-state index contributed by atoms with van der Waals surface area (Å²) in [6.07, 6.45) is -5.53. The molecular formula is C8H6ClF3N2O3. The van der Waals surface area contributed by atoms with E-state index in [9.17, 15) is 23.3 Å². The minimum absolute atomic E-state index is 0.221. The molecule has 0 aliphatic rings. The van der Waals surface area contributed by atoms with Crippen molar-refractivity contribution in [1.29, 1.82) is 0 Å². The summed E-state index contributed by atoms with van der Waals surface area (Å²) in [5, 5.41) is 10.2. The fraction of sp³-hybridized carbons (Fsp3) is 0.375. The Hall–Kier alpha value is -1.57. The van der Waals surface area contributed by atoms with Gasteiger partial charge in [0.05, 0.1) is 30.1 Å². The molecule has 1 heterocycles. The predicted octanol–water partition coefficient (Wildman–Crippen LogP) is 2.97. The molecule has 0 atom stereocenters. The Morgan fingerprint density at radius 2 is 2.12 bits per heavy atom. The zero-order valence-electron chi connectivity index (χ0n) is 8.20. The summed E-state index contributed by atoms with van der Waals surface area (Å²) >= 11 is 5.45. The van der Waals surface area contributed by atoms with E-state index in [0.29, 0.717) is 0 Å². The second-order valence-electron chi connectivity index (χ2n) is 2.96. The van der Waals surface area contributed by atoms with Gasteiger partial charge in [-0.1, -0.05) is 11.6 Å². The van der Waals surface area contributed by atoms with Crippen LogP contribution in [0, 0.1) is 10.1 Å². The van der Waals surface area contributed by atoms with Gasteiger partial charge in [-0.15, -0.1) is 0 Å². The van der Waals surface area contributed by atoms with Crippen LogP contribution < -0.4 is 4.74 Å². The lowest BCUT2D eigenvalue weighted by molar-refractivity contribution is -0.385. The highest BCUT2D eigenvalue weighted by Crippen LogP contribution is 2.23. The molecule has 0 spiro atoms. The van der Waals surface area contributed by atoms with Gasteiger partial charge < -0.3 is 4.74 Å². The van der Waals surface area contributed by atoms with Gasteiger partial charge in [0.25, 0.3) is 5.69 Å². The molecule has 0 bridgehead atoms. The molecule has 0 amide bonds. The maximum Gasteiger partial charge on any atom is 0.392 e. The molecule has 94 valence electrons. The smallest absolute Gasteiger partial charge is 0.392 e. The number of alkyl halides is 3. The summed E-state index contributed by atoms with van der Waals surface area (Å²) in [6.45, 7) is -0.673. The van der Waals surface area contributed by atoms with Gasteiger partial charge >= 0.3 is 6.18 Å².